The Balaban J connectivity index is 2.65. The highest BCUT2D eigenvalue weighted by Crippen LogP contribution is 2.26. The molecule has 9 heteroatoms. The Hall–Kier alpha value is -2.06. The molecule has 0 bridgehead atoms. The van der Waals surface area contributed by atoms with E-state index in [1.165, 1.54) is 12.3 Å². The molecule has 1 unspecified atom stereocenters. The van der Waals surface area contributed by atoms with Crippen LogP contribution in [0.25, 0.3) is 0 Å². The van der Waals surface area contributed by atoms with Crippen LogP contribution in [-0.2, 0) is 16.1 Å². The number of carbonyl (C=O) groups is 2. The topological polar surface area (TPSA) is 84.2 Å². The predicted octanol–water partition coefficient (Wildman–Crippen LogP) is 1.10. The summed E-state index contributed by atoms with van der Waals surface area (Å²) >= 11 is 0. The minimum Gasteiger partial charge on any atom is -0.480 e. The first-order valence-corrected chi connectivity index (χ1v) is 4.83. The van der Waals surface area contributed by atoms with Crippen LogP contribution in [0.15, 0.2) is 12.3 Å². The van der Waals surface area contributed by atoms with Crippen molar-refractivity contribution in [2.45, 2.75) is 19.6 Å². The molecule has 0 aliphatic rings. The van der Waals surface area contributed by atoms with Crippen molar-refractivity contribution in [2.24, 2.45) is 5.92 Å². The van der Waals surface area contributed by atoms with Gasteiger partial charge in [-0.15, -0.1) is 0 Å². The smallest absolute Gasteiger partial charge is 0.400 e. The lowest BCUT2D eigenvalue weighted by molar-refractivity contribution is -0.175. The van der Waals surface area contributed by atoms with Gasteiger partial charge in [-0.2, -0.15) is 18.3 Å². The van der Waals surface area contributed by atoms with Crippen molar-refractivity contribution in [3.63, 3.8) is 0 Å². The van der Waals surface area contributed by atoms with Gasteiger partial charge in [-0.05, 0) is 6.92 Å². The molecule has 0 saturated heterocycles. The van der Waals surface area contributed by atoms with Gasteiger partial charge in [-0.1, -0.05) is 0 Å². The quantitative estimate of drug-likeness (QED) is 0.853. The number of rotatable bonds is 4. The summed E-state index contributed by atoms with van der Waals surface area (Å²) in [6, 6.07) is 1.21. The molecule has 1 aromatic heterocycles. The summed E-state index contributed by atoms with van der Waals surface area (Å²) in [4.78, 5) is 21.5. The maximum Gasteiger partial charge on any atom is 0.400 e. The van der Waals surface area contributed by atoms with E-state index in [9.17, 15) is 22.8 Å². The first kappa shape index (κ1) is 14.0. The van der Waals surface area contributed by atoms with E-state index >= 15 is 0 Å². The second-order valence-electron chi connectivity index (χ2n) is 3.54. The van der Waals surface area contributed by atoms with Crippen LogP contribution in [0.2, 0.25) is 0 Å². The van der Waals surface area contributed by atoms with Gasteiger partial charge in [-0.25, -0.2) is 0 Å². The molecule has 0 aliphatic heterocycles. The number of amides is 1. The van der Waals surface area contributed by atoms with Gasteiger partial charge in [0.2, 0.25) is 5.91 Å². The second-order valence-corrected chi connectivity index (χ2v) is 3.54. The number of hydrogen-bond acceptors (Lipinski definition) is 3. The average Bonchev–Trinajstić information content (AvgIpc) is 2.61. The van der Waals surface area contributed by atoms with Crippen LogP contribution >= 0.6 is 0 Å². The van der Waals surface area contributed by atoms with E-state index in [2.05, 4.69) is 5.10 Å². The van der Waals surface area contributed by atoms with E-state index in [-0.39, 0.29) is 5.82 Å². The van der Waals surface area contributed by atoms with Crippen molar-refractivity contribution >= 4 is 17.7 Å². The fourth-order valence-corrected chi connectivity index (χ4v) is 1.04. The largest absolute Gasteiger partial charge is 0.480 e. The molecule has 18 heavy (non-hydrogen) atoms. The van der Waals surface area contributed by atoms with Crippen LogP contribution in [0.4, 0.5) is 19.0 Å². The lowest BCUT2D eigenvalue weighted by atomic mass is 10.1. The van der Waals surface area contributed by atoms with Gasteiger partial charge in [0.25, 0.3) is 0 Å². The predicted molar refractivity (Wildman–Crippen MR) is 53.7 cm³/mol. The maximum atomic E-state index is 12.2. The number of carboxylic acids is 1. The highest BCUT2D eigenvalue weighted by Gasteiger charge is 2.41. The van der Waals surface area contributed by atoms with Crippen LogP contribution in [0.5, 0.6) is 0 Å². The fraction of sp³-hybridized carbons (Fsp3) is 0.444. The number of aliphatic carboxylic acids is 1. The average molecular weight is 265 g/mol. The van der Waals surface area contributed by atoms with Gasteiger partial charge in [0.05, 0.1) is 0 Å². The fourth-order valence-electron chi connectivity index (χ4n) is 1.04. The van der Waals surface area contributed by atoms with E-state index in [1.54, 1.807) is 0 Å². The van der Waals surface area contributed by atoms with E-state index < -0.39 is 30.5 Å². The summed E-state index contributed by atoms with van der Waals surface area (Å²) in [6.07, 6.45) is -3.39. The van der Waals surface area contributed by atoms with E-state index in [1.807, 2.05) is 5.32 Å². The molecule has 0 radical (unpaired) electrons. The van der Waals surface area contributed by atoms with Crippen molar-refractivity contribution in [3.05, 3.63) is 12.3 Å². The van der Waals surface area contributed by atoms with E-state index in [4.69, 9.17) is 5.11 Å². The zero-order valence-corrected chi connectivity index (χ0v) is 9.23. The number of halogens is 3. The molecule has 100 valence electrons. The number of carbonyl (C=O) groups excluding carboxylic acids is 1. The van der Waals surface area contributed by atoms with Crippen LogP contribution in [0, 0.1) is 5.92 Å². The van der Waals surface area contributed by atoms with Crippen molar-refractivity contribution in [3.8, 4) is 0 Å². The maximum absolute atomic E-state index is 12.2. The van der Waals surface area contributed by atoms with Gasteiger partial charge in [-0.3, -0.25) is 14.3 Å². The van der Waals surface area contributed by atoms with Gasteiger partial charge in [0.1, 0.15) is 12.5 Å². The molecule has 6 nitrogen and oxygen atoms in total. The molecular formula is C9H10F3N3O3. The third-order valence-electron chi connectivity index (χ3n) is 2.07. The lowest BCUT2D eigenvalue weighted by Gasteiger charge is -2.13. The molecule has 0 fully saturated rings. The molecule has 0 saturated carbocycles. The van der Waals surface area contributed by atoms with Crippen molar-refractivity contribution in [1.82, 2.24) is 9.78 Å². The first-order valence-electron chi connectivity index (χ1n) is 4.83. The minimum atomic E-state index is -4.63. The van der Waals surface area contributed by atoms with Gasteiger partial charge in [0, 0.05) is 12.3 Å². The SMILES string of the molecule is CC(C(=O)Nc1ccn(CC(=O)O)n1)C(F)(F)F. The number of aromatic nitrogens is 2. The highest BCUT2D eigenvalue weighted by atomic mass is 19.4. The van der Waals surface area contributed by atoms with E-state index in [0.29, 0.717) is 0 Å². The summed E-state index contributed by atoms with van der Waals surface area (Å²) in [5.74, 6) is -4.69. The normalized spacial score (nSPS) is 13.1. The Kier molecular flexibility index (Phi) is 3.94. The summed E-state index contributed by atoms with van der Waals surface area (Å²) in [7, 11) is 0. The molecule has 2 N–H and O–H groups in total. The number of nitrogens with zero attached hydrogens (tertiary/aromatic N) is 2. The zero-order valence-electron chi connectivity index (χ0n) is 9.23. The van der Waals surface area contributed by atoms with Crippen LogP contribution in [-0.4, -0.2) is 32.9 Å². The zero-order chi connectivity index (χ0) is 13.9. The second kappa shape index (κ2) is 5.07. The monoisotopic (exact) mass is 265 g/mol. The number of carboxylic acid groups (broad SMARTS) is 1. The van der Waals surface area contributed by atoms with Crippen molar-refractivity contribution < 1.29 is 27.9 Å². The van der Waals surface area contributed by atoms with Crippen LogP contribution < -0.4 is 5.32 Å². The standard InChI is InChI=1S/C9H10F3N3O3/c1-5(9(10,11)12)8(18)13-6-2-3-15(14-6)4-7(16)17/h2-3,5H,4H2,1H3,(H,16,17)(H,13,14,18). The van der Waals surface area contributed by atoms with Gasteiger partial charge in [0.15, 0.2) is 5.82 Å². The van der Waals surface area contributed by atoms with Gasteiger partial charge < -0.3 is 10.4 Å². The first-order chi connectivity index (χ1) is 8.20. The lowest BCUT2D eigenvalue weighted by Crippen LogP contribution is -2.32. The van der Waals surface area contributed by atoms with E-state index in [0.717, 1.165) is 11.6 Å². The molecule has 0 aromatic carbocycles. The number of hydrogen-bond donors (Lipinski definition) is 2. The van der Waals surface area contributed by atoms with Crippen molar-refractivity contribution in [1.29, 1.82) is 0 Å². The molecule has 1 aromatic rings. The summed E-state index contributed by atoms with van der Waals surface area (Å²) in [5.41, 5.74) is 0. The molecule has 0 spiro atoms. The molecule has 0 aliphatic carbocycles. The number of alkyl halides is 3. The third-order valence-corrected chi connectivity index (χ3v) is 2.07. The molecule has 1 atom stereocenters. The summed E-state index contributed by atoms with van der Waals surface area (Å²) < 4.78 is 37.6. The molecular weight excluding hydrogens is 255 g/mol. The third kappa shape index (κ3) is 3.75. The molecule has 1 rings (SSSR count). The van der Waals surface area contributed by atoms with Crippen LogP contribution in [0.1, 0.15) is 6.92 Å². The van der Waals surface area contributed by atoms with Crippen molar-refractivity contribution in [2.75, 3.05) is 5.32 Å². The summed E-state index contributed by atoms with van der Waals surface area (Å²) in [6.45, 7) is 0.286. The Morgan fingerprint density at radius 3 is 2.67 bits per heavy atom. The minimum absolute atomic E-state index is 0.127. The summed E-state index contributed by atoms with van der Waals surface area (Å²) in [5, 5.41) is 14.0. The molecule has 1 heterocycles. The Bertz CT molecular complexity index is 455. The van der Waals surface area contributed by atoms with Crippen LogP contribution in [0.3, 0.4) is 0 Å². The van der Waals surface area contributed by atoms with Gasteiger partial charge >= 0.3 is 12.1 Å². The highest BCUT2D eigenvalue weighted by molar-refractivity contribution is 5.91. The number of nitrogens with one attached hydrogen (secondary N) is 1. The molecule has 1 amide bonds. The Morgan fingerprint density at radius 1 is 1.56 bits per heavy atom. The Labute approximate surface area is 99.4 Å². The number of anilines is 1. The Morgan fingerprint density at radius 2 is 2.17 bits per heavy atom.